The van der Waals surface area contributed by atoms with Gasteiger partial charge in [-0.3, -0.25) is 0 Å². The van der Waals surface area contributed by atoms with Crippen LogP contribution in [-0.2, 0) is 0 Å². The molecule has 1 heterocycles. The van der Waals surface area contributed by atoms with Crippen molar-refractivity contribution in [2.75, 3.05) is 13.1 Å². The molecule has 0 bridgehead atoms. The van der Waals surface area contributed by atoms with Crippen molar-refractivity contribution in [1.29, 1.82) is 0 Å². The summed E-state index contributed by atoms with van der Waals surface area (Å²) in [6, 6.07) is 0. The zero-order valence-electron chi connectivity index (χ0n) is 8.78. The highest BCUT2D eigenvalue weighted by Crippen LogP contribution is 2.40. The molecule has 76 valence electrons. The maximum atomic E-state index is 2.62. The van der Waals surface area contributed by atoms with Gasteiger partial charge in [0, 0.05) is 18.8 Å². The largest absolute Gasteiger partial charge is 0.375 e. The van der Waals surface area contributed by atoms with E-state index in [-0.39, 0.29) is 0 Å². The van der Waals surface area contributed by atoms with Crippen LogP contribution < -0.4 is 0 Å². The summed E-state index contributed by atoms with van der Waals surface area (Å²) in [5, 5.41) is 0. The predicted octanol–water partition coefficient (Wildman–Crippen LogP) is 2.95. The summed E-state index contributed by atoms with van der Waals surface area (Å²) in [5.74, 6) is 1.81. The number of likely N-dealkylation sites (tertiary alicyclic amines) is 1. The lowest BCUT2D eigenvalue weighted by molar-refractivity contribution is 0.370. The van der Waals surface area contributed by atoms with Gasteiger partial charge in [-0.25, -0.2) is 0 Å². The molecule has 1 saturated heterocycles. The van der Waals surface area contributed by atoms with Crippen LogP contribution in [0.25, 0.3) is 0 Å². The van der Waals surface area contributed by atoms with Crippen LogP contribution in [0.1, 0.15) is 32.1 Å². The van der Waals surface area contributed by atoms with E-state index in [1.54, 1.807) is 5.70 Å². The molecular weight excluding hydrogens is 170 g/mol. The molecule has 1 aliphatic heterocycles. The zero-order valence-corrected chi connectivity index (χ0v) is 8.78. The topological polar surface area (TPSA) is 3.24 Å². The SMILES string of the molecule is C1=CC[C@H]2C=C(N3CCCC3)C[C@H]2C1. The number of rotatable bonds is 1. The summed E-state index contributed by atoms with van der Waals surface area (Å²) in [4.78, 5) is 2.62. The summed E-state index contributed by atoms with van der Waals surface area (Å²) in [7, 11) is 0. The van der Waals surface area contributed by atoms with Crippen LogP contribution >= 0.6 is 0 Å². The fourth-order valence-electron chi connectivity index (χ4n) is 3.15. The Morgan fingerprint density at radius 2 is 1.86 bits per heavy atom. The van der Waals surface area contributed by atoms with Gasteiger partial charge in [-0.1, -0.05) is 18.2 Å². The van der Waals surface area contributed by atoms with E-state index >= 15 is 0 Å². The molecule has 0 aromatic rings. The van der Waals surface area contributed by atoms with Crippen molar-refractivity contribution in [2.24, 2.45) is 11.8 Å². The van der Waals surface area contributed by atoms with E-state index in [1.807, 2.05) is 0 Å². The van der Waals surface area contributed by atoms with E-state index in [2.05, 4.69) is 23.1 Å². The third kappa shape index (κ3) is 1.39. The molecule has 1 heteroatoms. The Balaban J connectivity index is 1.72. The van der Waals surface area contributed by atoms with Crippen molar-refractivity contribution >= 4 is 0 Å². The van der Waals surface area contributed by atoms with Crippen molar-refractivity contribution in [1.82, 2.24) is 4.90 Å². The second-order valence-electron chi connectivity index (χ2n) is 4.92. The molecule has 3 aliphatic rings. The highest BCUT2D eigenvalue weighted by molar-refractivity contribution is 5.17. The quantitative estimate of drug-likeness (QED) is 0.573. The first kappa shape index (κ1) is 8.58. The standard InChI is InChI=1S/C13H19N/c1-2-6-12-10-13(9-11(12)5-1)14-7-3-4-8-14/h1-2,9,11-12H,3-8,10H2/t11-,12+/m0/s1. The minimum atomic E-state index is 0.871. The smallest absolute Gasteiger partial charge is 0.0175 e. The van der Waals surface area contributed by atoms with Crippen LogP contribution in [0.4, 0.5) is 0 Å². The zero-order chi connectivity index (χ0) is 9.38. The maximum Gasteiger partial charge on any atom is 0.0175 e. The lowest BCUT2D eigenvalue weighted by atomic mass is 9.86. The van der Waals surface area contributed by atoms with E-state index in [9.17, 15) is 0 Å². The number of fused-ring (bicyclic) bond motifs is 1. The van der Waals surface area contributed by atoms with Crippen LogP contribution in [0.5, 0.6) is 0 Å². The van der Waals surface area contributed by atoms with Crippen LogP contribution in [-0.4, -0.2) is 18.0 Å². The van der Waals surface area contributed by atoms with Gasteiger partial charge in [-0.15, -0.1) is 0 Å². The Hall–Kier alpha value is -0.720. The van der Waals surface area contributed by atoms with Crippen molar-refractivity contribution in [2.45, 2.75) is 32.1 Å². The Morgan fingerprint density at radius 1 is 1.07 bits per heavy atom. The van der Waals surface area contributed by atoms with E-state index in [4.69, 9.17) is 0 Å². The van der Waals surface area contributed by atoms with Crippen LogP contribution in [0.2, 0.25) is 0 Å². The van der Waals surface area contributed by atoms with E-state index in [0.717, 1.165) is 11.8 Å². The number of hydrogen-bond acceptors (Lipinski definition) is 1. The Bertz CT molecular complexity index is 271. The lowest BCUT2D eigenvalue weighted by Crippen LogP contribution is -2.17. The van der Waals surface area contributed by atoms with Crippen molar-refractivity contribution in [3.63, 3.8) is 0 Å². The van der Waals surface area contributed by atoms with Crippen LogP contribution in [0.3, 0.4) is 0 Å². The van der Waals surface area contributed by atoms with Crippen LogP contribution in [0, 0.1) is 11.8 Å². The highest BCUT2D eigenvalue weighted by atomic mass is 15.2. The monoisotopic (exact) mass is 189 g/mol. The van der Waals surface area contributed by atoms with Gasteiger partial charge >= 0.3 is 0 Å². The summed E-state index contributed by atoms with van der Waals surface area (Å²) >= 11 is 0. The predicted molar refractivity (Wildman–Crippen MR) is 58.9 cm³/mol. The maximum absolute atomic E-state index is 2.62. The van der Waals surface area contributed by atoms with Crippen molar-refractivity contribution in [3.05, 3.63) is 23.9 Å². The molecule has 3 rings (SSSR count). The third-order valence-corrected chi connectivity index (χ3v) is 4.01. The lowest BCUT2D eigenvalue weighted by Gasteiger charge is -2.21. The fraction of sp³-hybridized carbons (Fsp3) is 0.692. The summed E-state index contributed by atoms with van der Waals surface area (Å²) in [5.41, 5.74) is 1.67. The Morgan fingerprint density at radius 3 is 2.64 bits per heavy atom. The van der Waals surface area contributed by atoms with Gasteiger partial charge in [-0.05, 0) is 43.9 Å². The molecule has 1 fully saturated rings. The van der Waals surface area contributed by atoms with Gasteiger partial charge in [0.05, 0.1) is 0 Å². The second-order valence-corrected chi connectivity index (χ2v) is 4.92. The molecule has 0 aromatic carbocycles. The third-order valence-electron chi connectivity index (χ3n) is 4.01. The molecule has 0 N–H and O–H groups in total. The van der Waals surface area contributed by atoms with Gasteiger partial charge in [0.25, 0.3) is 0 Å². The summed E-state index contributed by atoms with van der Waals surface area (Å²) < 4.78 is 0. The van der Waals surface area contributed by atoms with Gasteiger partial charge < -0.3 is 4.90 Å². The summed E-state index contributed by atoms with van der Waals surface area (Å²) in [6.07, 6.45) is 14.1. The molecular formula is C13H19N. The molecule has 14 heavy (non-hydrogen) atoms. The molecule has 0 amide bonds. The minimum absolute atomic E-state index is 0.871. The average Bonchev–Trinajstić information content (AvgIpc) is 2.86. The first-order valence-electron chi connectivity index (χ1n) is 6.04. The molecule has 2 atom stereocenters. The fourth-order valence-corrected chi connectivity index (χ4v) is 3.15. The van der Waals surface area contributed by atoms with E-state index < -0.39 is 0 Å². The number of allylic oxidation sites excluding steroid dienone is 4. The second kappa shape index (κ2) is 3.45. The van der Waals surface area contributed by atoms with Gasteiger partial charge in [-0.2, -0.15) is 0 Å². The molecule has 0 radical (unpaired) electrons. The molecule has 0 aromatic heterocycles. The highest BCUT2D eigenvalue weighted by Gasteiger charge is 2.30. The van der Waals surface area contributed by atoms with Gasteiger partial charge in [0.15, 0.2) is 0 Å². The van der Waals surface area contributed by atoms with E-state index in [0.29, 0.717) is 0 Å². The van der Waals surface area contributed by atoms with Crippen molar-refractivity contribution in [3.8, 4) is 0 Å². The molecule has 2 aliphatic carbocycles. The average molecular weight is 189 g/mol. The number of nitrogens with zero attached hydrogens (tertiary/aromatic N) is 1. The Kier molecular flexibility index (Phi) is 2.11. The molecule has 0 saturated carbocycles. The number of hydrogen-bond donors (Lipinski definition) is 0. The molecule has 0 spiro atoms. The van der Waals surface area contributed by atoms with Gasteiger partial charge in [0.1, 0.15) is 0 Å². The molecule has 0 unspecified atom stereocenters. The van der Waals surface area contributed by atoms with Crippen molar-refractivity contribution < 1.29 is 0 Å². The van der Waals surface area contributed by atoms with Crippen LogP contribution in [0.15, 0.2) is 23.9 Å². The summed E-state index contributed by atoms with van der Waals surface area (Å²) in [6.45, 7) is 2.64. The minimum Gasteiger partial charge on any atom is -0.375 e. The molecule has 1 nitrogen and oxygen atoms in total. The Labute approximate surface area is 86.5 Å². The van der Waals surface area contributed by atoms with E-state index in [1.165, 1.54) is 45.2 Å². The first-order valence-corrected chi connectivity index (χ1v) is 6.04. The first-order chi connectivity index (χ1) is 6.93. The normalized spacial score (nSPS) is 36.0. The van der Waals surface area contributed by atoms with Gasteiger partial charge in [0.2, 0.25) is 0 Å².